The van der Waals surface area contributed by atoms with Crippen LogP contribution in [-0.2, 0) is 4.79 Å². The van der Waals surface area contributed by atoms with Crippen LogP contribution in [0.25, 0.3) is 16.9 Å². The minimum Gasteiger partial charge on any atom is -0.341 e. The summed E-state index contributed by atoms with van der Waals surface area (Å²) < 4.78 is 1.47. The number of hydrogen-bond donors (Lipinski definition) is 3. The summed E-state index contributed by atoms with van der Waals surface area (Å²) in [7, 11) is 0. The van der Waals surface area contributed by atoms with Crippen LogP contribution in [0.4, 0.5) is 5.69 Å². The van der Waals surface area contributed by atoms with Crippen LogP contribution in [0.5, 0.6) is 5.75 Å². The van der Waals surface area contributed by atoms with E-state index in [0.717, 1.165) is 0 Å². The Morgan fingerprint density at radius 2 is 2.11 bits per heavy atom. The quantitative estimate of drug-likeness (QED) is 0.261. The Bertz CT molecular complexity index is 1470. The van der Waals surface area contributed by atoms with Crippen LogP contribution in [0.1, 0.15) is 48.0 Å². The highest BCUT2D eigenvalue weighted by atomic mass is 35.5. The topological polar surface area (TPSA) is 156 Å². The lowest BCUT2D eigenvalue weighted by Crippen LogP contribution is -2.29. The van der Waals surface area contributed by atoms with Crippen molar-refractivity contribution in [3.8, 4) is 22.7 Å². The Morgan fingerprint density at radius 1 is 1.22 bits per heavy atom. The van der Waals surface area contributed by atoms with Crippen LogP contribution in [0.2, 0.25) is 5.02 Å². The zero-order valence-corrected chi connectivity index (χ0v) is 20.1. The van der Waals surface area contributed by atoms with Gasteiger partial charge in [0.25, 0.3) is 5.91 Å². The van der Waals surface area contributed by atoms with Gasteiger partial charge in [-0.15, -0.1) is 10.0 Å². The second-order valence-electron chi connectivity index (χ2n) is 8.40. The van der Waals surface area contributed by atoms with Gasteiger partial charge in [-0.05, 0) is 43.2 Å². The summed E-state index contributed by atoms with van der Waals surface area (Å²) in [5.74, 6) is 0.149. The summed E-state index contributed by atoms with van der Waals surface area (Å²) >= 11 is 6.05. The largest absolute Gasteiger partial charge is 0.341 e. The van der Waals surface area contributed by atoms with Gasteiger partial charge in [0.2, 0.25) is 5.91 Å². The molecule has 2 aromatic carbocycles. The zero-order valence-electron chi connectivity index (χ0n) is 19.3. The van der Waals surface area contributed by atoms with Gasteiger partial charge in [0.1, 0.15) is 5.82 Å². The molecule has 3 N–H and O–H groups in total. The van der Waals surface area contributed by atoms with Gasteiger partial charge in [-0.25, -0.2) is 9.67 Å². The number of nitrogens with zero attached hydrogens (tertiary/aromatic N) is 5. The monoisotopic (exact) mass is 520 g/mol. The molecule has 1 aliphatic rings. The van der Waals surface area contributed by atoms with Gasteiger partial charge in [0, 0.05) is 23.1 Å². The van der Waals surface area contributed by atoms with Crippen LogP contribution >= 0.6 is 11.6 Å². The standard InChI is InChI=1S/C24H21ClN8O4/c25-14-4-3-5-15(10-14)33-13-21(30-31-33)24(35)29-18-6-1-2-7-22(34)27-19-11-16(37-32-36)8-9-17(19)20-12-26-23(18)28-20/h3-5,8-13,18H,1-2,6-7H2,(H,26,28)(H,27,34)(H,29,35). The van der Waals surface area contributed by atoms with Crippen molar-refractivity contribution in [1.82, 2.24) is 30.3 Å². The maximum absolute atomic E-state index is 13.1. The Hall–Kier alpha value is -4.58. The van der Waals surface area contributed by atoms with Crippen LogP contribution in [0.15, 0.2) is 60.2 Å². The first kappa shape index (κ1) is 24.1. The molecule has 2 amide bonds. The number of aromatic amines is 1. The zero-order chi connectivity index (χ0) is 25.8. The first-order valence-corrected chi connectivity index (χ1v) is 11.9. The molecule has 4 aromatic rings. The fourth-order valence-corrected chi connectivity index (χ4v) is 4.27. The predicted molar refractivity (Wildman–Crippen MR) is 134 cm³/mol. The molecule has 13 heteroatoms. The molecule has 0 saturated carbocycles. The van der Waals surface area contributed by atoms with E-state index in [0.29, 0.717) is 52.7 Å². The van der Waals surface area contributed by atoms with Crippen LogP contribution in [0, 0.1) is 4.91 Å². The molecule has 0 aliphatic carbocycles. The van der Waals surface area contributed by atoms with E-state index in [1.165, 1.54) is 16.9 Å². The Kier molecular flexibility index (Phi) is 6.90. The van der Waals surface area contributed by atoms with E-state index in [2.05, 4.69) is 41.1 Å². The smallest absolute Gasteiger partial charge is 0.274 e. The Morgan fingerprint density at radius 3 is 2.95 bits per heavy atom. The summed E-state index contributed by atoms with van der Waals surface area (Å²) in [5.41, 5.74) is 2.51. The van der Waals surface area contributed by atoms with E-state index in [4.69, 9.17) is 11.6 Å². The van der Waals surface area contributed by atoms with Gasteiger partial charge >= 0.3 is 0 Å². The lowest BCUT2D eigenvalue weighted by atomic mass is 10.1. The third-order valence-electron chi connectivity index (χ3n) is 5.87. The molecule has 1 aliphatic heterocycles. The number of H-pyrrole nitrogens is 1. The maximum atomic E-state index is 13.1. The second-order valence-corrected chi connectivity index (χ2v) is 8.84. The van der Waals surface area contributed by atoms with Gasteiger partial charge in [0.05, 0.1) is 35.5 Å². The van der Waals surface area contributed by atoms with Crippen LogP contribution in [0.3, 0.4) is 0 Å². The van der Waals surface area contributed by atoms with E-state index in [-0.39, 0.29) is 23.8 Å². The third-order valence-corrected chi connectivity index (χ3v) is 6.11. The normalized spacial score (nSPS) is 15.5. The van der Waals surface area contributed by atoms with Gasteiger partial charge in [-0.1, -0.05) is 29.3 Å². The predicted octanol–water partition coefficient (Wildman–Crippen LogP) is 4.35. The molecule has 37 heavy (non-hydrogen) atoms. The fourth-order valence-electron chi connectivity index (χ4n) is 4.08. The molecule has 1 atom stereocenters. The number of fused-ring (bicyclic) bond motifs is 4. The highest BCUT2D eigenvalue weighted by Crippen LogP contribution is 2.32. The summed E-state index contributed by atoms with van der Waals surface area (Å²) in [6.45, 7) is 0. The number of amides is 2. The molecule has 188 valence electrons. The molecule has 0 spiro atoms. The van der Waals surface area contributed by atoms with Crippen molar-refractivity contribution in [3.05, 3.63) is 76.3 Å². The highest BCUT2D eigenvalue weighted by Gasteiger charge is 2.23. The van der Waals surface area contributed by atoms with Crippen molar-refractivity contribution in [2.24, 2.45) is 5.34 Å². The number of anilines is 1. The van der Waals surface area contributed by atoms with Crippen molar-refractivity contribution >= 4 is 29.1 Å². The van der Waals surface area contributed by atoms with Gasteiger partial charge < -0.3 is 20.5 Å². The Balaban J connectivity index is 1.40. The molecule has 0 fully saturated rings. The van der Waals surface area contributed by atoms with E-state index >= 15 is 0 Å². The molecular formula is C24H21ClN8O4. The number of carbonyl (C=O) groups excluding carboxylic acids is 2. The molecule has 3 heterocycles. The molecule has 0 saturated heterocycles. The number of aromatic nitrogens is 5. The minimum atomic E-state index is -0.453. The Labute approximate surface area is 215 Å². The summed E-state index contributed by atoms with van der Waals surface area (Å²) in [4.78, 5) is 48.5. The minimum absolute atomic E-state index is 0.138. The first-order chi connectivity index (χ1) is 18.0. The summed E-state index contributed by atoms with van der Waals surface area (Å²) in [5, 5.41) is 16.9. The molecule has 0 radical (unpaired) electrons. The van der Waals surface area contributed by atoms with Crippen LogP contribution < -0.4 is 15.5 Å². The van der Waals surface area contributed by atoms with Gasteiger partial charge in [-0.2, -0.15) is 0 Å². The van der Waals surface area contributed by atoms with E-state index in [1.807, 2.05) is 0 Å². The molecule has 5 rings (SSSR count). The number of hydrogen-bond acceptors (Lipinski definition) is 8. The lowest BCUT2D eigenvalue weighted by molar-refractivity contribution is -0.116. The summed E-state index contributed by atoms with van der Waals surface area (Å²) in [6, 6.07) is 11.3. The molecule has 12 nitrogen and oxygen atoms in total. The fraction of sp³-hybridized carbons (Fsp3) is 0.208. The molecule has 1 unspecified atom stereocenters. The number of imidazole rings is 1. The van der Waals surface area contributed by atoms with Crippen molar-refractivity contribution in [1.29, 1.82) is 0 Å². The average Bonchev–Trinajstić information content (AvgIpc) is 3.56. The first-order valence-electron chi connectivity index (χ1n) is 11.5. The molecular weight excluding hydrogens is 500 g/mol. The van der Waals surface area contributed by atoms with Gasteiger partial charge in [-0.3, -0.25) is 9.59 Å². The number of halogens is 1. The number of nitrogens with one attached hydrogen (secondary N) is 3. The van der Waals surface area contributed by atoms with Crippen molar-refractivity contribution < 1.29 is 14.4 Å². The summed E-state index contributed by atoms with van der Waals surface area (Å²) in [6.07, 6.45) is 5.24. The van der Waals surface area contributed by atoms with Gasteiger partial charge in [0.15, 0.2) is 16.8 Å². The van der Waals surface area contributed by atoms with Crippen molar-refractivity contribution in [3.63, 3.8) is 0 Å². The SMILES string of the molecule is O=NOc1ccc2c(c1)NC(=O)CCCCC(NC(=O)c1cn(-c3cccc(Cl)c3)nn1)c1ncc-2[nH]1. The molecule has 2 bridgehead atoms. The van der Waals surface area contributed by atoms with E-state index in [9.17, 15) is 14.5 Å². The third kappa shape index (κ3) is 5.48. The lowest BCUT2D eigenvalue weighted by Gasteiger charge is -2.17. The molecule has 2 aromatic heterocycles. The van der Waals surface area contributed by atoms with Crippen molar-refractivity contribution in [2.75, 3.05) is 5.32 Å². The van der Waals surface area contributed by atoms with E-state index < -0.39 is 11.9 Å². The van der Waals surface area contributed by atoms with Crippen molar-refractivity contribution in [2.45, 2.75) is 31.7 Å². The average molecular weight is 521 g/mol. The number of carbonyl (C=O) groups is 2. The second kappa shape index (κ2) is 10.6. The van der Waals surface area contributed by atoms with Crippen LogP contribution in [-0.4, -0.2) is 36.8 Å². The maximum Gasteiger partial charge on any atom is 0.274 e. The van der Waals surface area contributed by atoms with E-state index in [1.54, 1.807) is 42.6 Å². The number of rotatable bonds is 5. The number of benzene rings is 2. The highest BCUT2D eigenvalue weighted by molar-refractivity contribution is 6.30.